The van der Waals surface area contributed by atoms with Crippen LogP contribution < -0.4 is 5.32 Å². The lowest BCUT2D eigenvalue weighted by Crippen LogP contribution is -2.55. The van der Waals surface area contributed by atoms with E-state index in [2.05, 4.69) is 15.4 Å². The van der Waals surface area contributed by atoms with Gasteiger partial charge in [-0.1, -0.05) is 30.0 Å². The van der Waals surface area contributed by atoms with E-state index < -0.39 is 16.9 Å². The van der Waals surface area contributed by atoms with Gasteiger partial charge in [0.05, 0.1) is 11.0 Å². The molecule has 1 aliphatic rings. The van der Waals surface area contributed by atoms with Crippen molar-refractivity contribution < 1.29 is 10.0 Å². The normalized spacial score (nSPS) is 20.5. The average molecular weight is 339 g/mol. The molecule has 0 aromatic carbocycles. The molecule has 2 amide bonds. The van der Waals surface area contributed by atoms with Crippen molar-refractivity contribution in [3.63, 3.8) is 0 Å². The number of thioether (sulfide) groups is 1. The maximum atomic E-state index is 11.7. The van der Waals surface area contributed by atoms with Gasteiger partial charge < -0.3 is 5.32 Å². The maximum absolute atomic E-state index is 11.7. The molecule has 1 aromatic heterocycles. The molecule has 2 heterocycles. The molecule has 0 spiro atoms. The van der Waals surface area contributed by atoms with Crippen molar-refractivity contribution in [2.45, 2.75) is 24.8 Å². The molecule has 118 valence electrons. The van der Waals surface area contributed by atoms with E-state index in [-0.39, 0.29) is 0 Å². The van der Waals surface area contributed by atoms with E-state index in [1.807, 2.05) is 19.9 Å². The van der Waals surface area contributed by atoms with Crippen LogP contribution in [0.4, 0.5) is 4.79 Å². The molecule has 1 saturated heterocycles. The zero-order chi connectivity index (χ0) is 16.3. The Morgan fingerprint density at radius 3 is 3.00 bits per heavy atom. The first-order chi connectivity index (χ1) is 10.4. The molecule has 1 aliphatic heterocycles. The third-order valence-electron chi connectivity index (χ3n) is 3.06. The van der Waals surface area contributed by atoms with Crippen molar-refractivity contribution >= 4 is 40.5 Å². The van der Waals surface area contributed by atoms with Crippen molar-refractivity contribution in [2.24, 2.45) is 5.10 Å². The van der Waals surface area contributed by atoms with Crippen LogP contribution in [0.5, 0.6) is 0 Å². The topological polar surface area (TPSA) is 81.1 Å². The number of carbonyl (C=O) groups is 1. The minimum atomic E-state index is -0.710. The Kier molecular flexibility index (Phi) is 4.99. The first-order valence-electron chi connectivity index (χ1n) is 6.53. The van der Waals surface area contributed by atoms with Crippen molar-refractivity contribution in [3.05, 3.63) is 30.1 Å². The van der Waals surface area contributed by atoms with Crippen LogP contribution in [-0.4, -0.2) is 54.8 Å². The van der Waals surface area contributed by atoms with Gasteiger partial charge in [0.2, 0.25) is 0 Å². The summed E-state index contributed by atoms with van der Waals surface area (Å²) in [6.45, 7) is 3.78. The first kappa shape index (κ1) is 16.7. The molecular formula is C13H17N5O2S2. The molecule has 1 fully saturated rings. The molecule has 1 aromatic rings. The van der Waals surface area contributed by atoms with E-state index in [9.17, 15) is 10.0 Å². The highest BCUT2D eigenvalue weighted by Crippen LogP contribution is 2.42. The lowest BCUT2D eigenvalue weighted by Gasteiger charge is -2.33. The quantitative estimate of drug-likeness (QED) is 0.379. The Hall–Kier alpha value is -1.71. The van der Waals surface area contributed by atoms with Crippen LogP contribution in [0.25, 0.3) is 0 Å². The van der Waals surface area contributed by atoms with Gasteiger partial charge in [-0.2, -0.15) is 10.2 Å². The Morgan fingerprint density at radius 1 is 1.68 bits per heavy atom. The maximum Gasteiger partial charge on any atom is 0.343 e. The van der Waals surface area contributed by atoms with Gasteiger partial charge >= 0.3 is 6.03 Å². The zero-order valence-electron chi connectivity index (χ0n) is 12.4. The fourth-order valence-corrected chi connectivity index (χ4v) is 3.82. The van der Waals surface area contributed by atoms with Gasteiger partial charge in [-0.3, -0.25) is 10.2 Å². The molecule has 2 N–H and O–H groups in total. The minimum Gasteiger partial charge on any atom is -0.339 e. The Balaban J connectivity index is 2.28. The lowest BCUT2D eigenvalue weighted by molar-refractivity contribution is -0.117. The van der Waals surface area contributed by atoms with E-state index in [4.69, 9.17) is 12.2 Å². The molecule has 0 saturated carbocycles. The number of amides is 2. The number of hydroxylamine groups is 2. The Labute approximate surface area is 138 Å². The van der Waals surface area contributed by atoms with Gasteiger partial charge in [-0.15, -0.1) is 0 Å². The Morgan fingerprint density at radius 2 is 2.41 bits per heavy atom. The molecule has 0 radical (unpaired) electrons. The number of nitrogens with one attached hydrogen (secondary N) is 1. The number of thiocarbonyl (C=S) groups is 1. The fraction of sp³-hybridized carbons (Fsp3) is 0.385. The molecule has 7 nitrogen and oxygen atoms in total. The van der Waals surface area contributed by atoms with Gasteiger partial charge in [0, 0.05) is 25.0 Å². The number of nitrogens with zero attached hydrogens (tertiary/aromatic N) is 4. The second-order valence-electron chi connectivity index (χ2n) is 5.12. The van der Waals surface area contributed by atoms with Crippen LogP contribution in [0, 0.1) is 0 Å². The number of hydrazone groups is 1. The number of rotatable bonds is 3. The number of hydrogen-bond donors (Lipinski definition) is 2. The highest BCUT2D eigenvalue weighted by atomic mass is 32.2. The standard InChI is InChI=1S/C13H17N5O2S2/c1-13(2)10(18(20)11(19)14-3)17(12(21)22-13)16-8-9-5-4-6-15-7-9/h4-8,10,20H,1-3H3,(H,14,19)/b16-8+. The summed E-state index contributed by atoms with van der Waals surface area (Å²) in [5, 5.41) is 18.9. The predicted molar refractivity (Wildman–Crippen MR) is 89.8 cm³/mol. The van der Waals surface area contributed by atoms with E-state index in [0.29, 0.717) is 9.38 Å². The van der Waals surface area contributed by atoms with Crippen LogP contribution in [0.15, 0.2) is 29.6 Å². The lowest BCUT2D eigenvalue weighted by atomic mass is 10.1. The van der Waals surface area contributed by atoms with Gasteiger partial charge in [0.15, 0.2) is 10.5 Å². The zero-order valence-corrected chi connectivity index (χ0v) is 14.1. The molecule has 1 unspecified atom stereocenters. The second kappa shape index (κ2) is 6.59. The van der Waals surface area contributed by atoms with Crippen LogP contribution in [0.3, 0.4) is 0 Å². The van der Waals surface area contributed by atoms with Gasteiger partial charge in [0.1, 0.15) is 0 Å². The van der Waals surface area contributed by atoms with Crippen LogP contribution >= 0.6 is 24.0 Å². The highest BCUT2D eigenvalue weighted by molar-refractivity contribution is 8.24. The summed E-state index contributed by atoms with van der Waals surface area (Å²) in [5.74, 6) is 0. The number of aromatic nitrogens is 1. The van der Waals surface area contributed by atoms with E-state index in [1.165, 1.54) is 23.8 Å². The van der Waals surface area contributed by atoms with E-state index in [0.717, 1.165) is 5.56 Å². The fourth-order valence-electron chi connectivity index (χ4n) is 2.03. The highest BCUT2D eigenvalue weighted by Gasteiger charge is 2.49. The van der Waals surface area contributed by atoms with Gasteiger partial charge in [0.25, 0.3) is 0 Å². The number of urea groups is 1. The second-order valence-corrected chi connectivity index (χ2v) is 7.41. The minimum absolute atomic E-state index is 0.484. The molecule has 0 bridgehead atoms. The number of hydrogen-bond acceptors (Lipinski definition) is 6. The van der Waals surface area contributed by atoms with Crippen LogP contribution in [0.2, 0.25) is 0 Å². The largest absolute Gasteiger partial charge is 0.343 e. The number of carbonyl (C=O) groups excluding carboxylic acids is 1. The molecule has 1 atom stereocenters. The summed E-state index contributed by atoms with van der Waals surface area (Å²) in [4.78, 5) is 15.7. The predicted octanol–water partition coefficient (Wildman–Crippen LogP) is 1.88. The summed E-state index contributed by atoms with van der Waals surface area (Å²) in [5.41, 5.74) is 0.795. The molecule has 2 rings (SSSR count). The monoisotopic (exact) mass is 339 g/mol. The van der Waals surface area contributed by atoms with E-state index in [1.54, 1.807) is 24.7 Å². The molecule has 9 heteroatoms. The van der Waals surface area contributed by atoms with Crippen molar-refractivity contribution in [3.8, 4) is 0 Å². The first-order valence-corrected chi connectivity index (χ1v) is 7.75. The molecule has 0 aliphatic carbocycles. The third kappa shape index (κ3) is 3.37. The summed E-state index contributed by atoms with van der Waals surface area (Å²) < 4.78 is -0.0250. The van der Waals surface area contributed by atoms with Crippen molar-refractivity contribution in [2.75, 3.05) is 7.05 Å². The smallest absolute Gasteiger partial charge is 0.339 e. The SMILES string of the molecule is CNC(=O)N(O)C1N(/N=C/c2cccnc2)C(=S)SC1(C)C. The van der Waals surface area contributed by atoms with Crippen molar-refractivity contribution in [1.29, 1.82) is 0 Å². The van der Waals surface area contributed by atoms with Gasteiger partial charge in [-0.05, 0) is 19.9 Å². The van der Waals surface area contributed by atoms with Crippen LogP contribution in [0.1, 0.15) is 19.4 Å². The summed E-state index contributed by atoms with van der Waals surface area (Å²) in [7, 11) is 1.45. The summed E-state index contributed by atoms with van der Waals surface area (Å²) >= 11 is 6.69. The molecular weight excluding hydrogens is 322 g/mol. The summed E-state index contributed by atoms with van der Waals surface area (Å²) in [6.07, 6.45) is 4.20. The third-order valence-corrected chi connectivity index (χ3v) is 4.60. The van der Waals surface area contributed by atoms with Gasteiger partial charge in [-0.25, -0.2) is 9.80 Å². The van der Waals surface area contributed by atoms with Crippen molar-refractivity contribution in [1.82, 2.24) is 20.4 Å². The molecule has 22 heavy (non-hydrogen) atoms. The average Bonchev–Trinajstić information content (AvgIpc) is 2.73. The Bertz CT molecular complexity index is 593. The van der Waals surface area contributed by atoms with Crippen LogP contribution in [-0.2, 0) is 0 Å². The number of pyridine rings is 1. The summed E-state index contributed by atoms with van der Waals surface area (Å²) in [6, 6.07) is 3.02. The van der Waals surface area contributed by atoms with E-state index >= 15 is 0 Å².